The Morgan fingerprint density at radius 1 is 0.476 bits per heavy atom. The zero-order chi connectivity index (χ0) is 42.7. The van der Waals surface area contributed by atoms with E-state index in [4.69, 9.17) is 29.2 Å². The summed E-state index contributed by atoms with van der Waals surface area (Å²) >= 11 is 0. The quantitative estimate of drug-likeness (QED) is 0.152. The molecule has 0 bridgehead atoms. The summed E-state index contributed by atoms with van der Waals surface area (Å²) in [5, 5.41) is 2.11. The molecule has 1 unspecified atom stereocenters. The van der Waals surface area contributed by atoms with E-state index >= 15 is 0 Å². The van der Waals surface area contributed by atoms with Crippen LogP contribution in [0.25, 0.3) is 73.3 Å². The van der Waals surface area contributed by atoms with Crippen molar-refractivity contribution < 1.29 is 14.2 Å². The third-order valence-electron chi connectivity index (χ3n) is 12.7. The molecule has 1 aliphatic heterocycles. The number of rotatable bonds is 8. The van der Waals surface area contributed by atoms with Crippen molar-refractivity contribution >= 4 is 16.8 Å². The number of hydrogen-bond acceptors (Lipinski definition) is 6. The minimum Gasteiger partial charge on any atom is -0.497 e. The van der Waals surface area contributed by atoms with Gasteiger partial charge >= 0.3 is 0 Å². The van der Waals surface area contributed by atoms with Gasteiger partial charge in [-0.3, -0.25) is 0 Å². The molecule has 2 heterocycles. The fraction of sp³-hybridized carbons (Fsp3) is 0.105. The molecule has 0 radical (unpaired) electrons. The second kappa shape index (κ2) is 15.0. The zero-order valence-electron chi connectivity index (χ0n) is 35.5. The lowest BCUT2D eigenvalue weighted by Gasteiger charge is -2.38. The fourth-order valence-corrected chi connectivity index (χ4v) is 9.52. The molecule has 0 fully saturated rings. The Balaban J connectivity index is 1.08. The van der Waals surface area contributed by atoms with E-state index in [1.54, 1.807) is 14.2 Å². The van der Waals surface area contributed by atoms with E-state index in [1.165, 1.54) is 33.4 Å². The van der Waals surface area contributed by atoms with Gasteiger partial charge in [0.2, 0.25) is 0 Å². The Morgan fingerprint density at radius 2 is 0.984 bits per heavy atom. The zero-order valence-corrected chi connectivity index (χ0v) is 35.5. The predicted molar refractivity (Wildman–Crippen MR) is 253 cm³/mol. The van der Waals surface area contributed by atoms with Crippen molar-refractivity contribution in [3.05, 3.63) is 210 Å². The van der Waals surface area contributed by atoms with Crippen LogP contribution in [0.5, 0.6) is 17.2 Å². The van der Waals surface area contributed by atoms with E-state index in [9.17, 15) is 0 Å². The highest BCUT2D eigenvalue weighted by atomic mass is 16.5. The van der Waals surface area contributed by atoms with E-state index in [1.807, 2.05) is 72.8 Å². The van der Waals surface area contributed by atoms with Crippen LogP contribution in [-0.4, -0.2) is 29.2 Å². The Bertz CT molecular complexity index is 3160. The lowest BCUT2D eigenvalue weighted by atomic mass is 9.76. The molecule has 0 spiro atoms. The Kier molecular flexibility index (Phi) is 9.05. The highest BCUT2D eigenvalue weighted by Crippen LogP contribution is 2.59. The topological polar surface area (TPSA) is 66.4 Å². The highest BCUT2D eigenvalue weighted by molar-refractivity contribution is 6.09. The number of fused-ring (bicyclic) bond motifs is 8. The molecule has 0 N–H and O–H groups in total. The monoisotopic (exact) mass is 817 g/mol. The number of aromatic nitrogens is 3. The van der Waals surface area contributed by atoms with Crippen molar-refractivity contribution in [2.75, 3.05) is 14.2 Å². The molecule has 11 rings (SSSR count). The van der Waals surface area contributed by atoms with E-state index in [0.29, 0.717) is 17.5 Å². The SMILES string of the molecule is COc1ccc(C2(c3ccc(-c4nc(-c5ccccc5)nc(-c5ccccc5)n4)cc3)C=Cc3c4c(c5ccc(OC)cc5c3O2)-c2ccc(-c3ccccc3)cc2C4(C)C)cc1. The highest BCUT2D eigenvalue weighted by Gasteiger charge is 2.44. The summed E-state index contributed by atoms with van der Waals surface area (Å²) in [6.07, 6.45) is 4.50. The maximum atomic E-state index is 7.66. The largest absolute Gasteiger partial charge is 0.497 e. The second-order valence-corrected chi connectivity index (χ2v) is 16.7. The molecule has 1 atom stereocenters. The van der Waals surface area contributed by atoms with Crippen LogP contribution in [0.15, 0.2) is 182 Å². The molecule has 63 heavy (non-hydrogen) atoms. The molecular weight excluding hydrogens is 775 g/mol. The van der Waals surface area contributed by atoms with Gasteiger partial charge in [0.05, 0.1) is 14.2 Å². The van der Waals surface area contributed by atoms with Gasteiger partial charge in [0.15, 0.2) is 23.1 Å². The molecule has 6 heteroatoms. The molecule has 0 amide bonds. The maximum absolute atomic E-state index is 7.66. The van der Waals surface area contributed by atoms with Crippen LogP contribution in [0, 0.1) is 0 Å². The summed E-state index contributed by atoms with van der Waals surface area (Å²) < 4.78 is 19.2. The number of methoxy groups -OCH3 is 2. The maximum Gasteiger partial charge on any atom is 0.178 e. The summed E-state index contributed by atoms with van der Waals surface area (Å²) in [7, 11) is 3.40. The van der Waals surface area contributed by atoms with Crippen molar-refractivity contribution in [2.45, 2.75) is 24.9 Å². The minimum absolute atomic E-state index is 0.329. The first-order valence-corrected chi connectivity index (χ1v) is 21.2. The summed E-state index contributed by atoms with van der Waals surface area (Å²) in [5.41, 5.74) is 11.8. The van der Waals surface area contributed by atoms with Crippen LogP contribution in [0.3, 0.4) is 0 Å². The van der Waals surface area contributed by atoms with E-state index in [-0.39, 0.29) is 5.41 Å². The van der Waals surface area contributed by atoms with E-state index in [0.717, 1.165) is 61.4 Å². The second-order valence-electron chi connectivity index (χ2n) is 16.7. The first-order valence-electron chi connectivity index (χ1n) is 21.2. The van der Waals surface area contributed by atoms with Crippen molar-refractivity contribution in [1.82, 2.24) is 15.0 Å². The first-order chi connectivity index (χ1) is 30.8. The average Bonchev–Trinajstić information content (AvgIpc) is 3.60. The number of nitrogens with zero attached hydrogens (tertiary/aromatic N) is 3. The predicted octanol–water partition coefficient (Wildman–Crippen LogP) is 13.4. The van der Waals surface area contributed by atoms with Gasteiger partial charge in [0.1, 0.15) is 17.2 Å². The molecule has 9 aromatic rings. The first kappa shape index (κ1) is 38.1. The van der Waals surface area contributed by atoms with Gasteiger partial charge in [-0.25, -0.2) is 15.0 Å². The minimum atomic E-state index is -1.01. The smallest absolute Gasteiger partial charge is 0.178 e. The summed E-state index contributed by atoms with van der Waals surface area (Å²) in [4.78, 5) is 14.9. The average molecular weight is 818 g/mol. The Labute approximate surface area is 367 Å². The number of hydrogen-bond donors (Lipinski definition) is 0. The molecule has 8 aromatic carbocycles. The molecule has 0 saturated carbocycles. The van der Waals surface area contributed by atoms with Gasteiger partial charge in [-0.1, -0.05) is 159 Å². The van der Waals surface area contributed by atoms with Crippen LogP contribution in [0.2, 0.25) is 0 Å². The summed E-state index contributed by atoms with van der Waals surface area (Å²) in [6, 6.07) is 60.6. The van der Waals surface area contributed by atoms with Gasteiger partial charge in [-0.2, -0.15) is 0 Å². The third-order valence-corrected chi connectivity index (χ3v) is 12.7. The number of benzene rings is 8. The van der Waals surface area contributed by atoms with Crippen LogP contribution < -0.4 is 14.2 Å². The van der Waals surface area contributed by atoms with Crippen molar-refractivity contribution in [3.63, 3.8) is 0 Å². The van der Waals surface area contributed by atoms with Gasteiger partial charge in [0.25, 0.3) is 0 Å². The lowest BCUT2D eigenvalue weighted by molar-refractivity contribution is 0.163. The van der Waals surface area contributed by atoms with E-state index < -0.39 is 5.60 Å². The van der Waals surface area contributed by atoms with Gasteiger partial charge in [0, 0.05) is 44.2 Å². The fourth-order valence-electron chi connectivity index (χ4n) is 9.52. The van der Waals surface area contributed by atoms with Crippen molar-refractivity contribution in [1.29, 1.82) is 0 Å². The molecular formula is C57H43N3O3. The standard InChI is InChI=1S/C57H43N3O3/c1-56(2)49-34-40(36-14-8-5-9-15-36)22-30-46(49)50-45-31-29-44(62-4)35-48(45)52-47(51(50)56)32-33-57(63-52,42-25-27-43(61-3)28-26-42)41-23-20-39(21-24-41)55-59-53(37-16-10-6-11-17-37)58-54(60-55)38-18-12-7-13-19-38/h5-35H,1-4H3. The van der Waals surface area contributed by atoms with Crippen LogP contribution in [0.1, 0.15) is 41.7 Å². The summed E-state index contributed by atoms with van der Waals surface area (Å²) in [5.74, 6) is 4.16. The van der Waals surface area contributed by atoms with Gasteiger partial charge < -0.3 is 14.2 Å². The molecule has 6 nitrogen and oxygen atoms in total. The third kappa shape index (κ3) is 6.28. The van der Waals surface area contributed by atoms with Crippen LogP contribution in [0.4, 0.5) is 0 Å². The molecule has 2 aliphatic rings. The van der Waals surface area contributed by atoms with Gasteiger partial charge in [-0.15, -0.1) is 0 Å². The lowest BCUT2D eigenvalue weighted by Crippen LogP contribution is -2.35. The van der Waals surface area contributed by atoms with E-state index in [2.05, 4.69) is 129 Å². The van der Waals surface area contributed by atoms with Crippen molar-refractivity contribution in [2.24, 2.45) is 0 Å². The Hall–Kier alpha value is -7.83. The molecule has 304 valence electrons. The van der Waals surface area contributed by atoms with Crippen molar-refractivity contribution in [3.8, 4) is 73.7 Å². The summed E-state index contributed by atoms with van der Waals surface area (Å²) in [6.45, 7) is 4.68. The number of ether oxygens (including phenoxy) is 3. The normalized spacial score (nSPS) is 15.6. The Morgan fingerprint density at radius 3 is 1.56 bits per heavy atom. The molecule has 1 aliphatic carbocycles. The molecule has 1 aromatic heterocycles. The molecule has 0 saturated heterocycles. The van der Waals surface area contributed by atoms with Gasteiger partial charge in [-0.05, 0) is 81.2 Å². The van der Waals surface area contributed by atoms with Crippen LogP contribution >= 0.6 is 0 Å². The van der Waals surface area contributed by atoms with Crippen LogP contribution in [-0.2, 0) is 11.0 Å².